The Morgan fingerprint density at radius 1 is 1.00 bits per heavy atom. The minimum absolute atomic E-state index is 0.0761. The third-order valence-corrected chi connectivity index (χ3v) is 4.41. The number of hydrogen-bond acceptors (Lipinski definition) is 4. The number of cyclic esters (lactones) is 1. The fourth-order valence-corrected chi connectivity index (χ4v) is 2.88. The fraction of sp³-hybridized carbons (Fsp3) is 0.875. The summed E-state index contributed by atoms with van der Waals surface area (Å²) in [5, 5.41) is 0. The summed E-state index contributed by atoms with van der Waals surface area (Å²) in [7, 11) is 0. The SMILES string of the molecule is CC12CCOC(=O)CCCC(=O)CCCCCCC1O2. The van der Waals surface area contributed by atoms with Crippen molar-refractivity contribution in [3.63, 3.8) is 0 Å². The average Bonchev–Trinajstić information content (AvgIpc) is 3.03. The molecule has 2 aliphatic heterocycles. The van der Waals surface area contributed by atoms with E-state index in [2.05, 4.69) is 6.92 Å². The smallest absolute Gasteiger partial charge is 0.305 e. The molecule has 4 heteroatoms. The van der Waals surface area contributed by atoms with Gasteiger partial charge in [-0.05, 0) is 26.2 Å². The van der Waals surface area contributed by atoms with Crippen molar-refractivity contribution < 1.29 is 19.1 Å². The van der Waals surface area contributed by atoms with Gasteiger partial charge in [-0.3, -0.25) is 9.59 Å². The van der Waals surface area contributed by atoms with Crippen molar-refractivity contribution in [2.45, 2.75) is 82.8 Å². The van der Waals surface area contributed by atoms with E-state index >= 15 is 0 Å². The molecule has 2 saturated heterocycles. The zero-order valence-electron chi connectivity index (χ0n) is 12.5. The first-order valence-electron chi connectivity index (χ1n) is 7.95. The largest absolute Gasteiger partial charge is 0.466 e. The van der Waals surface area contributed by atoms with E-state index in [1.54, 1.807) is 0 Å². The van der Waals surface area contributed by atoms with Crippen LogP contribution in [0.5, 0.6) is 0 Å². The van der Waals surface area contributed by atoms with E-state index in [1.807, 2.05) is 0 Å². The maximum Gasteiger partial charge on any atom is 0.305 e. The molecule has 0 aromatic carbocycles. The van der Waals surface area contributed by atoms with Crippen LogP contribution in [-0.4, -0.2) is 30.1 Å². The van der Waals surface area contributed by atoms with Crippen LogP contribution in [0.15, 0.2) is 0 Å². The topological polar surface area (TPSA) is 55.9 Å². The molecule has 20 heavy (non-hydrogen) atoms. The second kappa shape index (κ2) is 7.21. The van der Waals surface area contributed by atoms with Crippen LogP contribution in [0, 0.1) is 0 Å². The van der Waals surface area contributed by atoms with Gasteiger partial charge in [-0.1, -0.05) is 19.3 Å². The molecule has 4 nitrogen and oxygen atoms in total. The summed E-state index contributed by atoms with van der Waals surface area (Å²) >= 11 is 0. The maximum atomic E-state index is 11.6. The normalized spacial score (nSPS) is 34.1. The van der Waals surface area contributed by atoms with Crippen molar-refractivity contribution in [1.82, 2.24) is 0 Å². The number of epoxide rings is 1. The van der Waals surface area contributed by atoms with Crippen LogP contribution in [0.1, 0.15) is 71.1 Å². The molecule has 0 aliphatic carbocycles. The number of ether oxygens (including phenoxy) is 2. The minimum Gasteiger partial charge on any atom is -0.466 e. The van der Waals surface area contributed by atoms with Gasteiger partial charge in [-0.25, -0.2) is 0 Å². The first-order valence-corrected chi connectivity index (χ1v) is 7.95. The number of hydrogen-bond donors (Lipinski definition) is 0. The third kappa shape index (κ3) is 4.89. The molecule has 0 aromatic heterocycles. The lowest BCUT2D eigenvalue weighted by atomic mass is 9.98. The van der Waals surface area contributed by atoms with Crippen LogP contribution in [0.25, 0.3) is 0 Å². The van der Waals surface area contributed by atoms with Crippen molar-refractivity contribution in [3.05, 3.63) is 0 Å². The summed E-state index contributed by atoms with van der Waals surface area (Å²) in [6, 6.07) is 0. The van der Waals surface area contributed by atoms with Gasteiger partial charge < -0.3 is 9.47 Å². The molecule has 0 spiro atoms. The van der Waals surface area contributed by atoms with Crippen molar-refractivity contribution in [3.8, 4) is 0 Å². The van der Waals surface area contributed by atoms with Crippen molar-refractivity contribution in [1.29, 1.82) is 0 Å². The standard InChI is InChI=1S/C16H26O4/c1-16-11-12-19-15(18)10-6-8-13(17)7-4-2-3-5-9-14(16)20-16/h14H,2-12H2,1H3. The van der Waals surface area contributed by atoms with E-state index < -0.39 is 0 Å². The molecular weight excluding hydrogens is 256 g/mol. The molecule has 114 valence electrons. The Labute approximate surface area is 121 Å². The van der Waals surface area contributed by atoms with Crippen molar-refractivity contribution in [2.75, 3.05) is 6.61 Å². The molecule has 0 amide bonds. The number of rotatable bonds is 0. The van der Waals surface area contributed by atoms with E-state index in [1.165, 1.54) is 6.42 Å². The molecule has 2 aliphatic rings. The molecule has 2 fully saturated rings. The van der Waals surface area contributed by atoms with E-state index in [0.717, 1.165) is 32.1 Å². The molecule has 2 unspecified atom stereocenters. The Bertz CT molecular complexity index is 352. The Hall–Kier alpha value is -0.900. The van der Waals surface area contributed by atoms with E-state index in [4.69, 9.17) is 9.47 Å². The highest BCUT2D eigenvalue weighted by molar-refractivity contribution is 5.79. The summed E-state index contributed by atoms with van der Waals surface area (Å²) in [4.78, 5) is 23.1. The summed E-state index contributed by atoms with van der Waals surface area (Å²) in [6.45, 7) is 2.53. The maximum absolute atomic E-state index is 11.6. The van der Waals surface area contributed by atoms with Gasteiger partial charge in [0.25, 0.3) is 0 Å². The lowest BCUT2D eigenvalue weighted by Gasteiger charge is -2.09. The predicted molar refractivity (Wildman–Crippen MR) is 75.4 cm³/mol. The number of carbonyl (C=O) groups excluding carboxylic acids is 2. The Balaban J connectivity index is 1.77. The Morgan fingerprint density at radius 2 is 1.75 bits per heavy atom. The number of Topliss-reactive ketones (excluding diaryl/α,β-unsaturated/α-hetero) is 1. The third-order valence-electron chi connectivity index (χ3n) is 4.41. The van der Waals surface area contributed by atoms with Crippen LogP contribution in [-0.2, 0) is 19.1 Å². The van der Waals surface area contributed by atoms with Crippen LogP contribution in [0.3, 0.4) is 0 Å². The number of ketones is 1. The van der Waals surface area contributed by atoms with E-state index in [-0.39, 0.29) is 17.4 Å². The highest BCUT2D eigenvalue weighted by Crippen LogP contribution is 2.42. The highest BCUT2D eigenvalue weighted by atomic mass is 16.6. The number of carbonyl (C=O) groups is 2. The second-order valence-electron chi connectivity index (χ2n) is 6.23. The van der Waals surface area contributed by atoms with Gasteiger partial charge in [0, 0.05) is 25.7 Å². The van der Waals surface area contributed by atoms with Gasteiger partial charge in [-0.15, -0.1) is 0 Å². The molecule has 2 atom stereocenters. The van der Waals surface area contributed by atoms with Crippen LogP contribution < -0.4 is 0 Å². The van der Waals surface area contributed by atoms with Crippen molar-refractivity contribution >= 4 is 11.8 Å². The van der Waals surface area contributed by atoms with Gasteiger partial charge in [-0.2, -0.15) is 0 Å². The van der Waals surface area contributed by atoms with Crippen molar-refractivity contribution in [2.24, 2.45) is 0 Å². The van der Waals surface area contributed by atoms with Crippen LogP contribution in [0.4, 0.5) is 0 Å². The van der Waals surface area contributed by atoms with Gasteiger partial charge in [0.05, 0.1) is 18.3 Å². The lowest BCUT2D eigenvalue weighted by Crippen LogP contribution is -2.16. The number of fused-ring (bicyclic) bond motifs is 1. The quantitative estimate of drug-likeness (QED) is 0.506. The highest BCUT2D eigenvalue weighted by Gasteiger charge is 2.50. The predicted octanol–water partition coefficient (Wildman–Crippen LogP) is 3.17. The summed E-state index contributed by atoms with van der Waals surface area (Å²) in [5.74, 6) is 0.0914. The van der Waals surface area contributed by atoms with Crippen LogP contribution >= 0.6 is 0 Å². The summed E-state index contributed by atoms with van der Waals surface area (Å²) in [5.41, 5.74) is -0.0761. The fourth-order valence-electron chi connectivity index (χ4n) is 2.88. The summed E-state index contributed by atoms with van der Waals surface area (Å²) < 4.78 is 10.9. The average molecular weight is 282 g/mol. The van der Waals surface area contributed by atoms with Crippen LogP contribution in [0.2, 0.25) is 0 Å². The molecule has 2 rings (SSSR count). The molecule has 0 aromatic rings. The molecular formula is C16H26O4. The minimum atomic E-state index is -0.189. The lowest BCUT2D eigenvalue weighted by molar-refractivity contribution is -0.144. The summed E-state index contributed by atoms with van der Waals surface area (Å²) in [6.07, 6.45) is 8.78. The first-order chi connectivity index (χ1) is 9.60. The van der Waals surface area contributed by atoms with Gasteiger partial charge >= 0.3 is 5.97 Å². The van der Waals surface area contributed by atoms with Gasteiger partial charge in [0.1, 0.15) is 5.78 Å². The van der Waals surface area contributed by atoms with E-state index in [9.17, 15) is 9.59 Å². The van der Waals surface area contributed by atoms with Gasteiger partial charge in [0.2, 0.25) is 0 Å². The molecule has 0 bridgehead atoms. The molecule has 0 radical (unpaired) electrons. The zero-order chi connectivity index (χ0) is 14.4. The first kappa shape index (κ1) is 15.5. The second-order valence-corrected chi connectivity index (χ2v) is 6.23. The Kier molecular flexibility index (Phi) is 5.58. The number of esters is 1. The molecule has 0 saturated carbocycles. The molecule has 0 N–H and O–H groups in total. The monoisotopic (exact) mass is 282 g/mol. The zero-order valence-corrected chi connectivity index (χ0v) is 12.5. The van der Waals surface area contributed by atoms with E-state index in [0.29, 0.717) is 38.4 Å². The Morgan fingerprint density at radius 3 is 2.60 bits per heavy atom. The molecule has 2 heterocycles. The van der Waals surface area contributed by atoms with Gasteiger partial charge in [0.15, 0.2) is 0 Å².